The molecule has 0 fully saturated rings. The van der Waals surface area contributed by atoms with E-state index in [1.807, 2.05) is 38.1 Å². The van der Waals surface area contributed by atoms with Crippen LogP contribution in [0.5, 0.6) is 5.75 Å². The molecule has 0 unspecified atom stereocenters. The summed E-state index contributed by atoms with van der Waals surface area (Å²) in [4.78, 5) is 10.8. The molecule has 0 atom stereocenters. The van der Waals surface area contributed by atoms with Gasteiger partial charge in [-0.1, -0.05) is 12.1 Å². The summed E-state index contributed by atoms with van der Waals surface area (Å²) in [6.07, 6.45) is 0.862. The minimum Gasteiger partial charge on any atom is -0.508 e. The van der Waals surface area contributed by atoms with Crippen LogP contribution in [-0.2, 0) is 0 Å². The number of phenols is 1. The maximum Gasteiger partial charge on any atom is 0.150 e. The Morgan fingerprint density at radius 3 is 2.00 bits per heavy atom. The van der Waals surface area contributed by atoms with Gasteiger partial charge >= 0.3 is 0 Å². The summed E-state index contributed by atoms with van der Waals surface area (Å²) in [5, 5.41) is 9.28. The topological polar surface area (TPSA) is 37.3 Å². The highest BCUT2D eigenvalue weighted by atomic mass is 16.3. The standard InChI is InChI=1S/C15H14O2/c1-10-7-12(9-16)8-11(2)15(10)13-3-5-14(17)6-4-13/h3-9,17H,1-2H3. The van der Waals surface area contributed by atoms with Gasteiger partial charge in [0.15, 0.2) is 0 Å². The van der Waals surface area contributed by atoms with Crippen LogP contribution >= 0.6 is 0 Å². The zero-order valence-corrected chi connectivity index (χ0v) is 9.90. The highest BCUT2D eigenvalue weighted by Crippen LogP contribution is 2.29. The minimum atomic E-state index is 0.258. The van der Waals surface area contributed by atoms with Crippen molar-refractivity contribution in [2.45, 2.75) is 13.8 Å². The van der Waals surface area contributed by atoms with Gasteiger partial charge in [-0.3, -0.25) is 4.79 Å². The van der Waals surface area contributed by atoms with Crippen LogP contribution in [0.15, 0.2) is 36.4 Å². The van der Waals surface area contributed by atoms with Gasteiger partial charge in [-0.2, -0.15) is 0 Å². The van der Waals surface area contributed by atoms with Crippen LogP contribution in [0.1, 0.15) is 21.5 Å². The van der Waals surface area contributed by atoms with Crippen molar-refractivity contribution in [2.75, 3.05) is 0 Å². The molecule has 0 aliphatic rings. The number of rotatable bonds is 2. The van der Waals surface area contributed by atoms with Crippen LogP contribution in [0.25, 0.3) is 11.1 Å². The molecule has 0 heterocycles. The molecule has 2 rings (SSSR count). The van der Waals surface area contributed by atoms with Gasteiger partial charge < -0.3 is 5.11 Å². The van der Waals surface area contributed by atoms with Gasteiger partial charge in [0.2, 0.25) is 0 Å². The minimum absolute atomic E-state index is 0.258. The van der Waals surface area contributed by atoms with E-state index in [-0.39, 0.29) is 5.75 Å². The lowest BCUT2D eigenvalue weighted by Crippen LogP contribution is -1.91. The third-order valence-electron chi connectivity index (χ3n) is 2.85. The van der Waals surface area contributed by atoms with Gasteiger partial charge in [0.1, 0.15) is 12.0 Å². The average Bonchev–Trinajstić information content (AvgIpc) is 2.30. The van der Waals surface area contributed by atoms with Crippen molar-refractivity contribution in [1.82, 2.24) is 0 Å². The monoisotopic (exact) mass is 226 g/mol. The van der Waals surface area contributed by atoms with E-state index >= 15 is 0 Å². The second-order valence-corrected chi connectivity index (χ2v) is 4.19. The molecule has 0 amide bonds. The van der Waals surface area contributed by atoms with Crippen molar-refractivity contribution in [1.29, 1.82) is 0 Å². The zero-order valence-electron chi connectivity index (χ0n) is 9.90. The molecule has 2 heteroatoms. The predicted molar refractivity (Wildman–Crippen MR) is 68.4 cm³/mol. The molecular formula is C15H14O2. The number of carbonyl (C=O) groups is 1. The molecule has 1 N–H and O–H groups in total. The van der Waals surface area contributed by atoms with Crippen LogP contribution < -0.4 is 0 Å². The Hall–Kier alpha value is -2.09. The second kappa shape index (κ2) is 4.42. The maximum atomic E-state index is 10.8. The Bertz CT molecular complexity index is 531. The Kier molecular flexibility index (Phi) is 2.96. The van der Waals surface area contributed by atoms with Crippen molar-refractivity contribution in [2.24, 2.45) is 0 Å². The molecule has 17 heavy (non-hydrogen) atoms. The molecule has 86 valence electrons. The summed E-state index contributed by atoms with van der Waals surface area (Å²) in [5.74, 6) is 0.258. The number of aromatic hydroxyl groups is 1. The molecule has 2 aromatic carbocycles. The number of carbonyl (C=O) groups excluding carboxylic acids is 1. The first-order chi connectivity index (χ1) is 8.11. The van der Waals surface area contributed by atoms with Crippen molar-refractivity contribution >= 4 is 6.29 Å². The van der Waals surface area contributed by atoms with E-state index in [9.17, 15) is 9.90 Å². The average molecular weight is 226 g/mol. The third-order valence-corrected chi connectivity index (χ3v) is 2.85. The molecule has 0 saturated heterocycles. The number of benzene rings is 2. The van der Waals surface area contributed by atoms with Crippen molar-refractivity contribution in [3.63, 3.8) is 0 Å². The van der Waals surface area contributed by atoms with Crippen LogP contribution in [0.3, 0.4) is 0 Å². The largest absolute Gasteiger partial charge is 0.508 e. The lowest BCUT2D eigenvalue weighted by atomic mass is 9.94. The normalized spacial score (nSPS) is 10.2. The molecular weight excluding hydrogens is 212 g/mol. The maximum absolute atomic E-state index is 10.8. The van der Waals surface area contributed by atoms with Gasteiger partial charge in [0, 0.05) is 5.56 Å². The van der Waals surface area contributed by atoms with Gasteiger partial charge in [-0.25, -0.2) is 0 Å². The first-order valence-electron chi connectivity index (χ1n) is 5.47. The molecule has 0 aliphatic carbocycles. The van der Waals surface area contributed by atoms with E-state index in [2.05, 4.69) is 0 Å². The summed E-state index contributed by atoms with van der Waals surface area (Å²) >= 11 is 0. The number of hydrogen-bond acceptors (Lipinski definition) is 2. The van der Waals surface area contributed by atoms with Crippen LogP contribution in [-0.4, -0.2) is 11.4 Å². The Labute approximate surface area is 101 Å². The van der Waals surface area contributed by atoms with E-state index in [4.69, 9.17) is 0 Å². The summed E-state index contributed by atoms with van der Waals surface area (Å²) < 4.78 is 0. The van der Waals surface area contributed by atoms with Crippen molar-refractivity contribution < 1.29 is 9.90 Å². The highest BCUT2D eigenvalue weighted by molar-refractivity contribution is 5.80. The van der Waals surface area contributed by atoms with E-state index in [0.717, 1.165) is 28.5 Å². The molecule has 0 aromatic heterocycles. The van der Waals surface area contributed by atoms with Gasteiger partial charge in [-0.15, -0.1) is 0 Å². The lowest BCUT2D eigenvalue weighted by Gasteiger charge is -2.11. The fraction of sp³-hybridized carbons (Fsp3) is 0.133. The Morgan fingerprint density at radius 2 is 1.53 bits per heavy atom. The molecule has 0 saturated carbocycles. The van der Waals surface area contributed by atoms with Crippen LogP contribution in [0, 0.1) is 13.8 Å². The SMILES string of the molecule is Cc1cc(C=O)cc(C)c1-c1ccc(O)cc1. The highest BCUT2D eigenvalue weighted by Gasteiger charge is 2.07. The van der Waals surface area contributed by atoms with E-state index in [0.29, 0.717) is 5.56 Å². The number of aldehydes is 1. The summed E-state index contributed by atoms with van der Waals surface area (Å²) in [6.45, 7) is 3.98. The number of hydrogen-bond donors (Lipinski definition) is 1. The summed E-state index contributed by atoms with van der Waals surface area (Å²) in [6, 6.07) is 10.9. The molecule has 2 aromatic rings. The van der Waals surface area contributed by atoms with Gasteiger partial charge in [0.25, 0.3) is 0 Å². The smallest absolute Gasteiger partial charge is 0.150 e. The van der Waals surface area contributed by atoms with Gasteiger partial charge in [0.05, 0.1) is 0 Å². The first-order valence-corrected chi connectivity index (χ1v) is 5.47. The predicted octanol–water partition coefficient (Wildman–Crippen LogP) is 3.49. The molecule has 0 radical (unpaired) electrons. The van der Waals surface area contributed by atoms with Crippen LogP contribution in [0.2, 0.25) is 0 Å². The van der Waals surface area contributed by atoms with E-state index in [1.54, 1.807) is 12.1 Å². The molecule has 0 bridgehead atoms. The molecule has 0 aliphatic heterocycles. The van der Waals surface area contributed by atoms with E-state index < -0.39 is 0 Å². The van der Waals surface area contributed by atoms with Gasteiger partial charge in [-0.05, 0) is 60.4 Å². The second-order valence-electron chi connectivity index (χ2n) is 4.19. The van der Waals surface area contributed by atoms with Crippen molar-refractivity contribution in [3.8, 4) is 16.9 Å². The lowest BCUT2D eigenvalue weighted by molar-refractivity contribution is 0.112. The summed E-state index contributed by atoms with van der Waals surface area (Å²) in [7, 11) is 0. The Balaban J connectivity index is 2.59. The van der Waals surface area contributed by atoms with E-state index in [1.165, 1.54) is 0 Å². The zero-order chi connectivity index (χ0) is 12.4. The molecule has 0 spiro atoms. The third kappa shape index (κ3) is 2.21. The first kappa shape index (κ1) is 11.4. The molecule has 2 nitrogen and oxygen atoms in total. The fourth-order valence-corrected chi connectivity index (χ4v) is 2.15. The number of aryl methyl sites for hydroxylation is 2. The summed E-state index contributed by atoms with van der Waals surface area (Å²) in [5.41, 5.74) is 5.00. The fourth-order valence-electron chi connectivity index (χ4n) is 2.15. The number of phenolic OH excluding ortho intramolecular Hbond substituents is 1. The quantitative estimate of drug-likeness (QED) is 0.796. The Morgan fingerprint density at radius 1 is 1.00 bits per heavy atom. The van der Waals surface area contributed by atoms with Crippen LogP contribution in [0.4, 0.5) is 0 Å². The van der Waals surface area contributed by atoms with Crippen molar-refractivity contribution in [3.05, 3.63) is 53.1 Å².